The van der Waals surface area contributed by atoms with Gasteiger partial charge in [-0.3, -0.25) is 0 Å². The van der Waals surface area contributed by atoms with Crippen LogP contribution in [-0.2, 0) is 0 Å². The minimum Gasteiger partial charge on any atom is -0.330 e. The summed E-state index contributed by atoms with van der Waals surface area (Å²) in [6, 6.07) is 0.292. The van der Waals surface area contributed by atoms with Gasteiger partial charge in [-0.05, 0) is 18.9 Å². The molecule has 0 heterocycles. The Kier molecular flexibility index (Phi) is 16.0. The fraction of sp³-hybridized carbons (Fsp3) is 1.00. The lowest BCUT2D eigenvalue weighted by Gasteiger charge is -2.12. The molecule has 0 spiro atoms. The zero-order valence-electron chi connectivity index (χ0n) is 6.54. The monoisotopic (exact) mass is 188 g/mol. The van der Waals surface area contributed by atoms with E-state index in [-0.39, 0.29) is 24.8 Å². The molecule has 1 unspecified atom stereocenters. The van der Waals surface area contributed by atoms with Crippen molar-refractivity contribution >= 4 is 24.8 Å². The Labute approximate surface area is 75.5 Å². The molecule has 0 aromatic rings. The maximum atomic E-state index is 5.65. The lowest BCUT2D eigenvalue weighted by atomic mass is 10.0. The van der Waals surface area contributed by atoms with Crippen molar-refractivity contribution in [1.29, 1.82) is 0 Å². The molecule has 0 bridgehead atoms. The fourth-order valence-electron chi connectivity index (χ4n) is 0.526. The summed E-state index contributed by atoms with van der Waals surface area (Å²) in [5, 5.41) is 0. The number of hydrogen-bond acceptors (Lipinski definition) is 2. The van der Waals surface area contributed by atoms with Gasteiger partial charge in [0.15, 0.2) is 0 Å². The van der Waals surface area contributed by atoms with Gasteiger partial charge in [-0.1, -0.05) is 13.8 Å². The molecule has 0 saturated carbocycles. The topological polar surface area (TPSA) is 52.0 Å². The molecule has 0 saturated heterocycles. The second-order valence-electron chi connectivity index (χ2n) is 2.49. The van der Waals surface area contributed by atoms with Gasteiger partial charge in [-0.2, -0.15) is 0 Å². The summed E-state index contributed by atoms with van der Waals surface area (Å²) in [4.78, 5) is 0. The molecule has 0 aromatic carbocycles. The maximum absolute atomic E-state index is 5.65. The molecule has 0 amide bonds. The van der Waals surface area contributed by atoms with Gasteiger partial charge >= 0.3 is 0 Å². The Morgan fingerprint density at radius 1 is 1.20 bits per heavy atom. The second-order valence-corrected chi connectivity index (χ2v) is 2.49. The Hall–Kier alpha value is 0.500. The highest BCUT2D eigenvalue weighted by Gasteiger charge is 2.03. The SMILES string of the molecule is CC(C)C(N)CCN.Cl.Cl. The van der Waals surface area contributed by atoms with Gasteiger partial charge in [0.05, 0.1) is 0 Å². The lowest BCUT2D eigenvalue weighted by molar-refractivity contribution is 0.469. The summed E-state index contributed by atoms with van der Waals surface area (Å²) in [5.74, 6) is 0.568. The van der Waals surface area contributed by atoms with Crippen LogP contribution in [0, 0.1) is 5.92 Å². The maximum Gasteiger partial charge on any atom is 0.00738 e. The Bertz CT molecular complexity index is 59.7. The van der Waals surface area contributed by atoms with Crippen LogP contribution in [0.3, 0.4) is 0 Å². The van der Waals surface area contributed by atoms with Crippen LogP contribution in [0.4, 0.5) is 0 Å². The molecule has 0 aliphatic heterocycles. The molecule has 0 aliphatic rings. The normalized spacial score (nSPS) is 11.7. The van der Waals surface area contributed by atoms with E-state index >= 15 is 0 Å². The lowest BCUT2D eigenvalue weighted by Crippen LogP contribution is -2.28. The van der Waals surface area contributed by atoms with E-state index in [1.54, 1.807) is 0 Å². The van der Waals surface area contributed by atoms with Crippen LogP contribution in [0.25, 0.3) is 0 Å². The molecule has 4 heteroatoms. The van der Waals surface area contributed by atoms with Crippen LogP contribution in [-0.4, -0.2) is 12.6 Å². The highest BCUT2D eigenvalue weighted by molar-refractivity contribution is 5.85. The first-order valence-electron chi connectivity index (χ1n) is 3.14. The van der Waals surface area contributed by atoms with E-state index in [1.807, 2.05) is 0 Å². The van der Waals surface area contributed by atoms with E-state index in [2.05, 4.69) is 13.8 Å². The third-order valence-corrected chi connectivity index (χ3v) is 1.36. The van der Waals surface area contributed by atoms with Gasteiger partial charge in [0, 0.05) is 6.04 Å². The van der Waals surface area contributed by atoms with Crippen molar-refractivity contribution in [2.45, 2.75) is 26.3 Å². The Morgan fingerprint density at radius 2 is 1.60 bits per heavy atom. The highest BCUT2D eigenvalue weighted by Crippen LogP contribution is 1.99. The van der Waals surface area contributed by atoms with E-state index in [9.17, 15) is 0 Å². The predicted octanol–water partition coefficient (Wildman–Crippen LogP) is 1.16. The first kappa shape index (κ1) is 16.8. The van der Waals surface area contributed by atoms with Crippen molar-refractivity contribution in [2.75, 3.05) is 6.54 Å². The van der Waals surface area contributed by atoms with Crippen molar-refractivity contribution < 1.29 is 0 Å². The Morgan fingerprint density at radius 3 is 1.70 bits per heavy atom. The molecular weight excluding hydrogens is 171 g/mol. The molecule has 0 aliphatic carbocycles. The molecule has 0 fully saturated rings. The van der Waals surface area contributed by atoms with E-state index < -0.39 is 0 Å². The number of halogens is 2. The van der Waals surface area contributed by atoms with Crippen molar-refractivity contribution in [3.05, 3.63) is 0 Å². The van der Waals surface area contributed by atoms with E-state index in [4.69, 9.17) is 11.5 Å². The van der Waals surface area contributed by atoms with Gasteiger partial charge in [0.1, 0.15) is 0 Å². The summed E-state index contributed by atoms with van der Waals surface area (Å²) in [6.45, 7) is 4.93. The minimum atomic E-state index is 0. The largest absolute Gasteiger partial charge is 0.330 e. The summed E-state index contributed by atoms with van der Waals surface area (Å²) >= 11 is 0. The summed E-state index contributed by atoms with van der Waals surface area (Å²) in [6.07, 6.45) is 0.942. The first-order valence-corrected chi connectivity index (χ1v) is 3.14. The van der Waals surface area contributed by atoms with Crippen LogP contribution < -0.4 is 11.5 Å². The average Bonchev–Trinajstić information content (AvgIpc) is 1.67. The zero-order chi connectivity index (χ0) is 6.57. The quantitative estimate of drug-likeness (QED) is 0.699. The summed E-state index contributed by atoms with van der Waals surface area (Å²) in [7, 11) is 0. The van der Waals surface area contributed by atoms with Gasteiger partial charge < -0.3 is 11.5 Å². The molecule has 10 heavy (non-hydrogen) atoms. The van der Waals surface area contributed by atoms with Crippen molar-refractivity contribution in [1.82, 2.24) is 0 Å². The van der Waals surface area contributed by atoms with E-state index in [0.29, 0.717) is 18.5 Å². The summed E-state index contributed by atoms with van der Waals surface area (Å²) < 4.78 is 0. The molecule has 2 nitrogen and oxygen atoms in total. The van der Waals surface area contributed by atoms with Crippen molar-refractivity contribution in [2.24, 2.45) is 17.4 Å². The van der Waals surface area contributed by atoms with Crippen LogP contribution in [0.5, 0.6) is 0 Å². The standard InChI is InChI=1S/C6H16N2.2ClH/c1-5(2)6(8)3-4-7;;/h5-6H,3-4,7-8H2,1-2H3;2*1H. The van der Waals surface area contributed by atoms with Gasteiger partial charge in [-0.15, -0.1) is 24.8 Å². The van der Waals surface area contributed by atoms with Crippen LogP contribution >= 0.6 is 24.8 Å². The van der Waals surface area contributed by atoms with Crippen LogP contribution in [0.1, 0.15) is 20.3 Å². The summed E-state index contributed by atoms with van der Waals surface area (Å²) in [5.41, 5.74) is 10.9. The minimum absolute atomic E-state index is 0. The molecule has 66 valence electrons. The fourth-order valence-corrected chi connectivity index (χ4v) is 0.526. The second kappa shape index (κ2) is 9.50. The molecule has 0 rings (SSSR count). The first-order chi connectivity index (χ1) is 3.68. The third kappa shape index (κ3) is 8.50. The number of rotatable bonds is 3. The number of hydrogen-bond donors (Lipinski definition) is 2. The smallest absolute Gasteiger partial charge is 0.00738 e. The van der Waals surface area contributed by atoms with Gasteiger partial charge in [0.2, 0.25) is 0 Å². The van der Waals surface area contributed by atoms with Crippen molar-refractivity contribution in [3.8, 4) is 0 Å². The average molecular weight is 189 g/mol. The molecule has 0 aromatic heterocycles. The Balaban J connectivity index is -0.000000245. The predicted molar refractivity (Wildman–Crippen MR) is 51.0 cm³/mol. The van der Waals surface area contributed by atoms with Crippen LogP contribution in [0.2, 0.25) is 0 Å². The van der Waals surface area contributed by atoms with Crippen LogP contribution in [0.15, 0.2) is 0 Å². The highest BCUT2D eigenvalue weighted by atomic mass is 35.5. The molecular formula is C6H18Cl2N2. The molecule has 1 atom stereocenters. The third-order valence-electron chi connectivity index (χ3n) is 1.36. The van der Waals surface area contributed by atoms with E-state index in [1.165, 1.54) is 0 Å². The van der Waals surface area contributed by atoms with E-state index in [0.717, 1.165) is 6.42 Å². The van der Waals surface area contributed by atoms with Gasteiger partial charge in [0.25, 0.3) is 0 Å². The van der Waals surface area contributed by atoms with Gasteiger partial charge in [-0.25, -0.2) is 0 Å². The molecule has 0 radical (unpaired) electrons. The molecule has 4 N–H and O–H groups in total. The number of nitrogens with two attached hydrogens (primary N) is 2. The zero-order valence-corrected chi connectivity index (χ0v) is 8.17. The van der Waals surface area contributed by atoms with Crippen molar-refractivity contribution in [3.63, 3.8) is 0 Å².